The SMILES string of the molecule is Cc1cc(N)nc(-c2cc(F)ccc2F)n1. The second kappa shape index (κ2) is 3.84. The van der Waals surface area contributed by atoms with Crippen molar-refractivity contribution in [3.63, 3.8) is 0 Å². The molecule has 0 saturated heterocycles. The van der Waals surface area contributed by atoms with E-state index in [0.717, 1.165) is 18.2 Å². The maximum Gasteiger partial charge on any atom is 0.164 e. The Morgan fingerprint density at radius 1 is 1.12 bits per heavy atom. The predicted octanol–water partition coefficient (Wildman–Crippen LogP) is 2.31. The minimum Gasteiger partial charge on any atom is -0.384 e. The largest absolute Gasteiger partial charge is 0.384 e. The average Bonchev–Trinajstić information content (AvgIpc) is 2.20. The Labute approximate surface area is 91.0 Å². The summed E-state index contributed by atoms with van der Waals surface area (Å²) in [6, 6.07) is 4.68. The van der Waals surface area contributed by atoms with Gasteiger partial charge in [0.1, 0.15) is 17.5 Å². The Morgan fingerprint density at radius 2 is 1.88 bits per heavy atom. The Kier molecular flexibility index (Phi) is 2.52. The van der Waals surface area contributed by atoms with Crippen LogP contribution < -0.4 is 5.73 Å². The summed E-state index contributed by atoms with van der Waals surface area (Å²) in [5.41, 5.74) is 6.13. The van der Waals surface area contributed by atoms with Gasteiger partial charge in [0.25, 0.3) is 0 Å². The van der Waals surface area contributed by atoms with Crippen LogP contribution in [0.2, 0.25) is 0 Å². The summed E-state index contributed by atoms with van der Waals surface area (Å²) in [4.78, 5) is 7.87. The number of nitrogens with zero attached hydrogens (tertiary/aromatic N) is 2. The van der Waals surface area contributed by atoms with Crippen molar-refractivity contribution in [3.8, 4) is 11.4 Å². The van der Waals surface area contributed by atoms with E-state index in [4.69, 9.17) is 5.73 Å². The molecule has 0 aliphatic rings. The summed E-state index contributed by atoms with van der Waals surface area (Å²) in [7, 11) is 0. The monoisotopic (exact) mass is 221 g/mol. The number of aryl methyl sites for hydroxylation is 1. The van der Waals surface area contributed by atoms with Crippen molar-refractivity contribution in [2.45, 2.75) is 6.92 Å². The Bertz CT molecular complexity index is 520. The highest BCUT2D eigenvalue weighted by Crippen LogP contribution is 2.21. The lowest BCUT2D eigenvalue weighted by Gasteiger charge is -2.04. The van der Waals surface area contributed by atoms with E-state index in [9.17, 15) is 8.78 Å². The van der Waals surface area contributed by atoms with Crippen LogP contribution in [0.4, 0.5) is 14.6 Å². The zero-order chi connectivity index (χ0) is 11.7. The highest BCUT2D eigenvalue weighted by molar-refractivity contribution is 5.57. The molecule has 0 spiro atoms. The maximum atomic E-state index is 13.4. The van der Waals surface area contributed by atoms with Crippen molar-refractivity contribution in [1.82, 2.24) is 9.97 Å². The molecular weight excluding hydrogens is 212 g/mol. The molecule has 0 radical (unpaired) electrons. The molecule has 0 saturated carbocycles. The fraction of sp³-hybridized carbons (Fsp3) is 0.0909. The highest BCUT2D eigenvalue weighted by atomic mass is 19.1. The van der Waals surface area contributed by atoms with Crippen LogP contribution in [0.3, 0.4) is 0 Å². The third-order valence-corrected chi connectivity index (χ3v) is 2.04. The summed E-state index contributed by atoms with van der Waals surface area (Å²) in [5, 5.41) is 0. The van der Waals surface area contributed by atoms with Crippen molar-refractivity contribution in [2.75, 3.05) is 5.73 Å². The van der Waals surface area contributed by atoms with Gasteiger partial charge in [0.2, 0.25) is 0 Å². The van der Waals surface area contributed by atoms with Crippen molar-refractivity contribution < 1.29 is 8.78 Å². The summed E-state index contributed by atoms with van der Waals surface area (Å²) in [5.74, 6) is -0.799. The summed E-state index contributed by atoms with van der Waals surface area (Å²) in [6.45, 7) is 1.71. The molecule has 0 aliphatic carbocycles. The van der Waals surface area contributed by atoms with Crippen LogP contribution in [0.15, 0.2) is 24.3 Å². The van der Waals surface area contributed by atoms with Gasteiger partial charge in [-0.25, -0.2) is 18.7 Å². The van der Waals surface area contributed by atoms with E-state index < -0.39 is 11.6 Å². The number of nitrogens with two attached hydrogens (primary N) is 1. The van der Waals surface area contributed by atoms with Crippen LogP contribution in [0.1, 0.15) is 5.69 Å². The van der Waals surface area contributed by atoms with Crippen LogP contribution in [0, 0.1) is 18.6 Å². The standard InChI is InChI=1S/C11H9F2N3/c1-6-4-10(14)16-11(15-6)8-5-7(12)2-3-9(8)13/h2-5H,1H3,(H2,14,15,16). The minimum atomic E-state index is -0.577. The molecule has 2 N–H and O–H groups in total. The summed E-state index contributed by atoms with van der Waals surface area (Å²) < 4.78 is 26.4. The van der Waals surface area contributed by atoms with Gasteiger partial charge in [0.05, 0.1) is 5.56 Å². The molecule has 5 heteroatoms. The molecule has 0 unspecified atom stereocenters. The molecule has 2 rings (SSSR count). The summed E-state index contributed by atoms with van der Waals surface area (Å²) >= 11 is 0. The topological polar surface area (TPSA) is 51.8 Å². The number of nitrogen functional groups attached to an aromatic ring is 1. The molecule has 0 aliphatic heterocycles. The van der Waals surface area contributed by atoms with Crippen LogP contribution in [-0.4, -0.2) is 9.97 Å². The molecule has 16 heavy (non-hydrogen) atoms. The first-order valence-electron chi connectivity index (χ1n) is 4.63. The van der Waals surface area contributed by atoms with Crippen LogP contribution in [0.25, 0.3) is 11.4 Å². The third kappa shape index (κ3) is 1.98. The zero-order valence-electron chi connectivity index (χ0n) is 8.54. The first-order valence-corrected chi connectivity index (χ1v) is 4.63. The molecule has 0 amide bonds. The van der Waals surface area contributed by atoms with Crippen LogP contribution in [-0.2, 0) is 0 Å². The number of benzene rings is 1. The second-order valence-corrected chi connectivity index (χ2v) is 3.38. The normalized spacial score (nSPS) is 10.4. The first kappa shape index (κ1) is 10.5. The van der Waals surface area contributed by atoms with Gasteiger partial charge in [0, 0.05) is 11.8 Å². The van der Waals surface area contributed by atoms with Crippen molar-refractivity contribution in [1.29, 1.82) is 0 Å². The van der Waals surface area contributed by atoms with Crippen LogP contribution >= 0.6 is 0 Å². The van der Waals surface area contributed by atoms with E-state index >= 15 is 0 Å². The number of halogens is 2. The fourth-order valence-corrected chi connectivity index (χ4v) is 1.38. The first-order chi connectivity index (χ1) is 7.56. The van der Waals surface area contributed by atoms with Crippen molar-refractivity contribution in [2.24, 2.45) is 0 Å². The van der Waals surface area contributed by atoms with Gasteiger partial charge in [0.15, 0.2) is 5.82 Å². The lowest BCUT2D eigenvalue weighted by molar-refractivity contribution is 0.602. The molecule has 82 valence electrons. The smallest absolute Gasteiger partial charge is 0.164 e. The van der Waals surface area contributed by atoms with Crippen LogP contribution in [0.5, 0.6) is 0 Å². The number of anilines is 1. The lowest BCUT2D eigenvalue weighted by atomic mass is 10.2. The molecule has 2 aromatic rings. The Balaban J connectivity index is 2.62. The van der Waals surface area contributed by atoms with Gasteiger partial charge in [-0.05, 0) is 25.1 Å². The molecule has 1 aromatic heterocycles. The fourth-order valence-electron chi connectivity index (χ4n) is 1.38. The predicted molar refractivity (Wildman–Crippen MR) is 56.5 cm³/mol. The Hall–Kier alpha value is -2.04. The maximum absolute atomic E-state index is 13.4. The second-order valence-electron chi connectivity index (χ2n) is 3.38. The zero-order valence-corrected chi connectivity index (χ0v) is 8.54. The van der Waals surface area contributed by atoms with Gasteiger partial charge in [-0.2, -0.15) is 0 Å². The van der Waals surface area contributed by atoms with E-state index in [1.165, 1.54) is 0 Å². The average molecular weight is 221 g/mol. The molecule has 1 heterocycles. The van der Waals surface area contributed by atoms with Gasteiger partial charge < -0.3 is 5.73 Å². The van der Waals surface area contributed by atoms with Gasteiger partial charge >= 0.3 is 0 Å². The lowest BCUT2D eigenvalue weighted by Crippen LogP contribution is -1.99. The number of hydrogen-bond acceptors (Lipinski definition) is 3. The molecular formula is C11H9F2N3. The Morgan fingerprint density at radius 3 is 2.56 bits per heavy atom. The van der Waals surface area contributed by atoms with Crippen molar-refractivity contribution in [3.05, 3.63) is 41.6 Å². The quantitative estimate of drug-likeness (QED) is 0.803. The van der Waals surface area contributed by atoms with Gasteiger partial charge in [-0.15, -0.1) is 0 Å². The molecule has 1 aromatic carbocycles. The van der Waals surface area contributed by atoms with E-state index in [0.29, 0.717) is 5.69 Å². The van der Waals surface area contributed by atoms with E-state index in [1.807, 2.05) is 0 Å². The molecule has 0 bridgehead atoms. The molecule has 0 atom stereocenters. The molecule has 3 nitrogen and oxygen atoms in total. The summed E-state index contributed by atoms with van der Waals surface area (Å²) in [6.07, 6.45) is 0. The minimum absolute atomic E-state index is 0.00963. The van der Waals surface area contributed by atoms with E-state index in [2.05, 4.69) is 9.97 Å². The van der Waals surface area contributed by atoms with Crippen molar-refractivity contribution >= 4 is 5.82 Å². The van der Waals surface area contributed by atoms with E-state index in [-0.39, 0.29) is 17.2 Å². The highest BCUT2D eigenvalue weighted by Gasteiger charge is 2.10. The van der Waals surface area contributed by atoms with Gasteiger partial charge in [-0.1, -0.05) is 0 Å². The number of rotatable bonds is 1. The number of hydrogen-bond donors (Lipinski definition) is 1. The van der Waals surface area contributed by atoms with Gasteiger partial charge in [-0.3, -0.25) is 0 Å². The van der Waals surface area contributed by atoms with E-state index in [1.54, 1.807) is 13.0 Å². The third-order valence-electron chi connectivity index (χ3n) is 2.04. The molecule has 0 fully saturated rings. The number of aromatic nitrogens is 2.